The van der Waals surface area contributed by atoms with Gasteiger partial charge in [0, 0.05) is 5.56 Å². The van der Waals surface area contributed by atoms with Crippen molar-refractivity contribution in [3.63, 3.8) is 0 Å². The summed E-state index contributed by atoms with van der Waals surface area (Å²) in [5, 5.41) is 0. The van der Waals surface area contributed by atoms with E-state index in [-0.39, 0.29) is 5.78 Å². The lowest BCUT2D eigenvalue weighted by Gasteiger charge is -2.05. The maximum atomic E-state index is 11.9. The minimum absolute atomic E-state index is 0.135. The normalized spacial score (nSPS) is 13.7. The Hall–Kier alpha value is -1.37. The quantitative estimate of drug-likeness (QED) is 0.535. The van der Waals surface area contributed by atoms with Crippen molar-refractivity contribution >= 4 is 5.78 Å². The SMILES string of the molecule is CCC(C)/C=C(\C)C(=O)c1ccccc1. The molecule has 0 fully saturated rings. The average molecular weight is 202 g/mol. The average Bonchev–Trinajstić information content (AvgIpc) is 2.29. The minimum Gasteiger partial charge on any atom is -0.289 e. The van der Waals surface area contributed by atoms with Crippen LogP contribution in [0.3, 0.4) is 0 Å². The largest absolute Gasteiger partial charge is 0.289 e. The van der Waals surface area contributed by atoms with Crippen molar-refractivity contribution in [3.05, 3.63) is 47.5 Å². The van der Waals surface area contributed by atoms with E-state index >= 15 is 0 Å². The van der Waals surface area contributed by atoms with Crippen molar-refractivity contribution in [2.75, 3.05) is 0 Å². The molecule has 0 amide bonds. The standard InChI is InChI=1S/C14H18O/c1-4-11(2)10-12(3)14(15)13-8-6-5-7-9-13/h5-11H,4H2,1-3H3/b12-10+. The predicted molar refractivity (Wildman–Crippen MR) is 64.0 cm³/mol. The summed E-state index contributed by atoms with van der Waals surface area (Å²) in [5.41, 5.74) is 1.62. The molecule has 1 unspecified atom stereocenters. The van der Waals surface area contributed by atoms with Crippen LogP contribution in [0.1, 0.15) is 37.6 Å². The molecular weight excluding hydrogens is 184 g/mol. The Morgan fingerprint density at radius 3 is 2.47 bits per heavy atom. The molecule has 0 radical (unpaired) electrons. The minimum atomic E-state index is 0.135. The van der Waals surface area contributed by atoms with Crippen molar-refractivity contribution in [3.8, 4) is 0 Å². The number of benzene rings is 1. The van der Waals surface area contributed by atoms with Crippen LogP contribution in [-0.4, -0.2) is 5.78 Å². The van der Waals surface area contributed by atoms with E-state index in [0.717, 1.165) is 17.6 Å². The third kappa shape index (κ3) is 3.35. The third-order valence-electron chi connectivity index (χ3n) is 2.57. The Labute approximate surface area is 91.8 Å². The molecule has 0 bridgehead atoms. The van der Waals surface area contributed by atoms with Gasteiger partial charge in [-0.3, -0.25) is 4.79 Å². The number of Topliss-reactive ketones (excluding diaryl/α,β-unsaturated/α-hetero) is 1. The Bertz CT molecular complexity index is 349. The highest BCUT2D eigenvalue weighted by Crippen LogP contribution is 2.12. The van der Waals surface area contributed by atoms with Crippen LogP contribution in [0.15, 0.2) is 42.0 Å². The molecule has 0 spiro atoms. The number of ketones is 1. The second-order valence-corrected chi connectivity index (χ2v) is 3.93. The second-order valence-electron chi connectivity index (χ2n) is 3.93. The highest BCUT2D eigenvalue weighted by Gasteiger charge is 2.07. The fraction of sp³-hybridized carbons (Fsp3) is 0.357. The maximum Gasteiger partial charge on any atom is 0.188 e. The summed E-state index contributed by atoms with van der Waals surface area (Å²) in [7, 11) is 0. The van der Waals surface area contributed by atoms with E-state index in [1.807, 2.05) is 37.3 Å². The molecule has 0 N–H and O–H groups in total. The van der Waals surface area contributed by atoms with Crippen LogP contribution in [0.2, 0.25) is 0 Å². The lowest BCUT2D eigenvalue weighted by molar-refractivity contribution is 0.103. The summed E-state index contributed by atoms with van der Waals surface area (Å²) in [6, 6.07) is 9.42. The third-order valence-corrected chi connectivity index (χ3v) is 2.57. The summed E-state index contributed by atoms with van der Waals surface area (Å²) in [4.78, 5) is 11.9. The van der Waals surface area contributed by atoms with Gasteiger partial charge in [-0.2, -0.15) is 0 Å². The lowest BCUT2D eigenvalue weighted by atomic mass is 9.99. The van der Waals surface area contributed by atoms with Crippen molar-refractivity contribution in [2.45, 2.75) is 27.2 Å². The molecule has 1 aromatic rings. The predicted octanol–water partition coefficient (Wildman–Crippen LogP) is 3.86. The van der Waals surface area contributed by atoms with Gasteiger partial charge in [0.15, 0.2) is 5.78 Å². The van der Waals surface area contributed by atoms with Gasteiger partial charge in [0.05, 0.1) is 0 Å². The lowest BCUT2D eigenvalue weighted by Crippen LogP contribution is -2.02. The van der Waals surface area contributed by atoms with Crippen molar-refractivity contribution < 1.29 is 4.79 Å². The van der Waals surface area contributed by atoms with E-state index in [2.05, 4.69) is 19.9 Å². The van der Waals surface area contributed by atoms with Crippen molar-refractivity contribution in [1.29, 1.82) is 0 Å². The van der Waals surface area contributed by atoms with Crippen LogP contribution in [0, 0.1) is 5.92 Å². The van der Waals surface area contributed by atoms with E-state index < -0.39 is 0 Å². The van der Waals surface area contributed by atoms with E-state index in [0.29, 0.717) is 5.92 Å². The molecule has 0 saturated heterocycles. The Morgan fingerprint density at radius 2 is 1.93 bits per heavy atom. The first-order valence-electron chi connectivity index (χ1n) is 5.43. The molecule has 0 aliphatic carbocycles. The molecule has 80 valence electrons. The van der Waals surface area contributed by atoms with Gasteiger partial charge in [0.1, 0.15) is 0 Å². The summed E-state index contributed by atoms with van der Waals surface area (Å²) in [6.07, 6.45) is 3.12. The van der Waals surface area contributed by atoms with Gasteiger partial charge in [0.2, 0.25) is 0 Å². The van der Waals surface area contributed by atoms with E-state index in [9.17, 15) is 4.79 Å². The Balaban J connectivity index is 2.82. The van der Waals surface area contributed by atoms with Gasteiger partial charge < -0.3 is 0 Å². The van der Waals surface area contributed by atoms with Crippen LogP contribution < -0.4 is 0 Å². The first kappa shape index (κ1) is 11.7. The zero-order valence-corrected chi connectivity index (χ0v) is 9.66. The van der Waals surface area contributed by atoms with E-state index in [1.165, 1.54) is 0 Å². The fourth-order valence-electron chi connectivity index (χ4n) is 1.44. The molecule has 1 rings (SSSR count). The highest BCUT2D eigenvalue weighted by atomic mass is 16.1. The summed E-state index contributed by atoms with van der Waals surface area (Å²) < 4.78 is 0. The number of allylic oxidation sites excluding steroid dienone is 2. The number of carbonyl (C=O) groups is 1. The fourth-order valence-corrected chi connectivity index (χ4v) is 1.44. The van der Waals surface area contributed by atoms with Crippen LogP contribution >= 0.6 is 0 Å². The molecule has 1 aromatic carbocycles. The zero-order chi connectivity index (χ0) is 11.3. The van der Waals surface area contributed by atoms with Crippen molar-refractivity contribution in [2.24, 2.45) is 5.92 Å². The second kappa shape index (κ2) is 5.50. The van der Waals surface area contributed by atoms with Gasteiger partial charge in [-0.25, -0.2) is 0 Å². The summed E-state index contributed by atoms with van der Waals surface area (Å²) >= 11 is 0. The zero-order valence-electron chi connectivity index (χ0n) is 9.66. The topological polar surface area (TPSA) is 17.1 Å². The summed E-state index contributed by atoms with van der Waals surface area (Å²) in [6.45, 7) is 6.14. The molecule has 1 heteroatoms. The van der Waals surface area contributed by atoms with E-state index in [4.69, 9.17) is 0 Å². The van der Waals surface area contributed by atoms with Crippen LogP contribution in [0.4, 0.5) is 0 Å². The molecular formula is C14H18O. The maximum absolute atomic E-state index is 11.9. The number of carbonyl (C=O) groups excluding carboxylic acids is 1. The molecule has 0 aromatic heterocycles. The molecule has 0 aliphatic rings. The van der Waals surface area contributed by atoms with Gasteiger partial charge in [-0.15, -0.1) is 0 Å². The van der Waals surface area contributed by atoms with Crippen LogP contribution in [0.25, 0.3) is 0 Å². The molecule has 1 atom stereocenters. The number of hydrogen-bond donors (Lipinski definition) is 0. The molecule has 15 heavy (non-hydrogen) atoms. The van der Waals surface area contributed by atoms with Gasteiger partial charge in [-0.1, -0.05) is 56.7 Å². The van der Waals surface area contributed by atoms with Gasteiger partial charge in [0.25, 0.3) is 0 Å². The Morgan fingerprint density at radius 1 is 1.33 bits per heavy atom. The number of rotatable bonds is 4. The monoisotopic (exact) mass is 202 g/mol. The molecule has 0 saturated carbocycles. The van der Waals surface area contributed by atoms with Crippen LogP contribution in [-0.2, 0) is 0 Å². The van der Waals surface area contributed by atoms with Gasteiger partial charge >= 0.3 is 0 Å². The van der Waals surface area contributed by atoms with Gasteiger partial charge in [-0.05, 0) is 18.4 Å². The van der Waals surface area contributed by atoms with Crippen LogP contribution in [0.5, 0.6) is 0 Å². The summed E-state index contributed by atoms with van der Waals surface area (Å²) in [5.74, 6) is 0.605. The molecule has 1 nitrogen and oxygen atoms in total. The molecule has 0 heterocycles. The first-order valence-corrected chi connectivity index (χ1v) is 5.43. The smallest absolute Gasteiger partial charge is 0.188 e. The highest BCUT2D eigenvalue weighted by molar-refractivity contribution is 6.08. The van der Waals surface area contributed by atoms with Crippen molar-refractivity contribution in [1.82, 2.24) is 0 Å². The first-order chi connectivity index (χ1) is 7.15. The number of hydrogen-bond acceptors (Lipinski definition) is 1. The van der Waals surface area contributed by atoms with E-state index in [1.54, 1.807) is 0 Å². The Kier molecular flexibility index (Phi) is 4.29. The molecule has 0 aliphatic heterocycles.